The fourth-order valence-electron chi connectivity index (χ4n) is 3.47. The Hall–Kier alpha value is -3.16. The first kappa shape index (κ1) is 22.0. The molecule has 1 amide bonds. The van der Waals surface area contributed by atoms with Crippen LogP contribution in [0.4, 0.5) is 0 Å². The zero-order valence-corrected chi connectivity index (χ0v) is 19.3. The minimum Gasteiger partial charge on any atom is -0.349 e. The van der Waals surface area contributed by atoms with Gasteiger partial charge in [-0.25, -0.2) is 4.98 Å². The van der Waals surface area contributed by atoms with Gasteiger partial charge in [0.2, 0.25) is 5.91 Å². The molecule has 32 heavy (non-hydrogen) atoms. The second-order valence-electron chi connectivity index (χ2n) is 7.28. The lowest BCUT2D eigenvalue weighted by Gasteiger charge is -2.15. The average Bonchev–Trinajstić information content (AvgIpc) is 3.25. The second-order valence-corrected chi connectivity index (χ2v) is 9.08. The van der Waals surface area contributed by atoms with Crippen LogP contribution in [0.1, 0.15) is 18.5 Å². The number of nitrogens with zero attached hydrogens (tertiary/aromatic N) is 2. The summed E-state index contributed by atoms with van der Waals surface area (Å²) in [7, 11) is 0. The number of carbonyl (C=O) groups is 1. The van der Waals surface area contributed by atoms with Crippen LogP contribution < -0.4 is 10.9 Å². The Labute approximate surface area is 194 Å². The number of carbonyl (C=O) groups excluding carboxylic acids is 1. The number of nitrogens with one attached hydrogen (secondary N) is 1. The van der Waals surface area contributed by atoms with Crippen LogP contribution in [0.25, 0.3) is 21.3 Å². The van der Waals surface area contributed by atoms with Crippen LogP contribution in [0.15, 0.2) is 88.6 Å². The molecule has 0 aliphatic carbocycles. The Bertz CT molecular complexity index is 1300. The molecule has 1 N–H and O–H groups in total. The summed E-state index contributed by atoms with van der Waals surface area (Å²) >= 11 is 2.71. The zero-order chi connectivity index (χ0) is 22.5. The van der Waals surface area contributed by atoms with Crippen molar-refractivity contribution in [3.8, 4) is 11.1 Å². The predicted octanol–water partition coefficient (Wildman–Crippen LogP) is 5.28. The molecule has 0 aliphatic rings. The van der Waals surface area contributed by atoms with Crippen molar-refractivity contribution in [3.63, 3.8) is 0 Å². The summed E-state index contributed by atoms with van der Waals surface area (Å²) in [6, 6.07) is 19.5. The number of aromatic nitrogens is 2. The Morgan fingerprint density at radius 3 is 2.56 bits per heavy atom. The van der Waals surface area contributed by atoms with E-state index in [2.05, 4.69) is 11.9 Å². The van der Waals surface area contributed by atoms with Crippen LogP contribution in [0.3, 0.4) is 0 Å². The number of hydrogen-bond acceptors (Lipinski definition) is 5. The van der Waals surface area contributed by atoms with Gasteiger partial charge in [0.05, 0.1) is 17.2 Å². The first-order chi connectivity index (χ1) is 15.6. The zero-order valence-electron chi connectivity index (χ0n) is 17.7. The van der Waals surface area contributed by atoms with Crippen molar-refractivity contribution in [1.82, 2.24) is 14.9 Å². The molecule has 5 nitrogen and oxygen atoms in total. The number of hydrogen-bond donors (Lipinski definition) is 1. The summed E-state index contributed by atoms with van der Waals surface area (Å²) in [5.74, 6) is 0.0606. The molecule has 4 rings (SSSR count). The number of thiophene rings is 1. The van der Waals surface area contributed by atoms with E-state index in [0.29, 0.717) is 21.9 Å². The summed E-state index contributed by atoms with van der Waals surface area (Å²) in [5, 5.41) is 6.10. The summed E-state index contributed by atoms with van der Waals surface area (Å²) < 4.78 is 1.59. The summed E-state index contributed by atoms with van der Waals surface area (Å²) in [5.41, 5.74) is 2.79. The Morgan fingerprint density at radius 1 is 1.19 bits per heavy atom. The van der Waals surface area contributed by atoms with E-state index in [-0.39, 0.29) is 23.3 Å². The number of fused-ring (bicyclic) bond motifs is 1. The fourth-order valence-corrected chi connectivity index (χ4v) is 5.28. The number of amides is 1. The van der Waals surface area contributed by atoms with E-state index in [4.69, 9.17) is 4.98 Å². The molecule has 0 radical (unpaired) electrons. The Morgan fingerprint density at radius 2 is 1.88 bits per heavy atom. The molecule has 0 aliphatic heterocycles. The molecule has 0 spiro atoms. The van der Waals surface area contributed by atoms with E-state index in [1.165, 1.54) is 23.1 Å². The minimum absolute atomic E-state index is 0.0965. The minimum atomic E-state index is -0.115. The van der Waals surface area contributed by atoms with Crippen LogP contribution in [0.5, 0.6) is 0 Å². The molecule has 0 fully saturated rings. The van der Waals surface area contributed by atoms with Crippen molar-refractivity contribution in [3.05, 3.63) is 94.6 Å². The lowest BCUT2D eigenvalue weighted by Crippen LogP contribution is -2.29. The largest absolute Gasteiger partial charge is 0.349 e. The molecule has 2 aromatic heterocycles. The third kappa shape index (κ3) is 4.69. The molecule has 4 aromatic rings. The van der Waals surface area contributed by atoms with Gasteiger partial charge in [-0.1, -0.05) is 78.5 Å². The molecule has 0 bridgehead atoms. The van der Waals surface area contributed by atoms with Crippen molar-refractivity contribution >= 4 is 39.2 Å². The monoisotopic (exact) mass is 461 g/mol. The predicted molar refractivity (Wildman–Crippen MR) is 133 cm³/mol. The third-order valence-electron chi connectivity index (χ3n) is 5.06. The molecule has 2 aromatic carbocycles. The lowest BCUT2D eigenvalue weighted by atomic mass is 10.1. The van der Waals surface area contributed by atoms with E-state index in [0.717, 1.165) is 16.7 Å². The van der Waals surface area contributed by atoms with Gasteiger partial charge in [0.25, 0.3) is 5.56 Å². The quantitative estimate of drug-likeness (QED) is 0.220. The molecule has 7 heteroatoms. The molecule has 0 saturated heterocycles. The summed E-state index contributed by atoms with van der Waals surface area (Å²) in [4.78, 5) is 31.3. The molecular formula is C25H23N3O2S2. The van der Waals surface area contributed by atoms with Crippen LogP contribution in [0, 0.1) is 0 Å². The summed E-state index contributed by atoms with van der Waals surface area (Å²) in [6.07, 6.45) is 1.67. The van der Waals surface area contributed by atoms with E-state index in [1.54, 1.807) is 10.6 Å². The smallest absolute Gasteiger partial charge is 0.263 e. The van der Waals surface area contributed by atoms with Gasteiger partial charge in [-0.15, -0.1) is 17.9 Å². The van der Waals surface area contributed by atoms with Crippen molar-refractivity contribution in [2.45, 2.75) is 24.7 Å². The summed E-state index contributed by atoms with van der Waals surface area (Å²) in [6.45, 7) is 6.06. The van der Waals surface area contributed by atoms with Crippen LogP contribution >= 0.6 is 23.1 Å². The molecule has 2 heterocycles. The normalized spacial score (nSPS) is 11.9. The maximum Gasteiger partial charge on any atom is 0.263 e. The van der Waals surface area contributed by atoms with E-state index >= 15 is 0 Å². The third-order valence-corrected chi connectivity index (χ3v) is 6.91. The van der Waals surface area contributed by atoms with Crippen LogP contribution in [-0.4, -0.2) is 21.2 Å². The number of benzene rings is 2. The highest BCUT2D eigenvalue weighted by Gasteiger charge is 2.18. The van der Waals surface area contributed by atoms with E-state index in [1.807, 2.05) is 73.0 Å². The van der Waals surface area contributed by atoms with Crippen molar-refractivity contribution in [1.29, 1.82) is 0 Å². The van der Waals surface area contributed by atoms with Gasteiger partial charge in [0.15, 0.2) is 5.16 Å². The highest BCUT2D eigenvalue weighted by molar-refractivity contribution is 7.99. The van der Waals surface area contributed by atoms with Gasteiger partial charge in [0.1, 0.15) is 4.83 Å². The van der Waals surface area contributed by atoms with Crippen molar-refractivity contribution in [2.24, 2.45) is 0 Å². The van der Waals surface area contributed by atoms with Crippen molar-refractivity contribution < 1.29 is 4.79 Å². The van der Waals surface area contributed by atoms with E-state index < -0.39 is 0 Å². The van der Waals surface area contributed by atoms with Gasteiger partial charge >= 0.3 is 0 Å². The van der Waals surface area contributed by atoms with Gasteiger partial charge < -0.3 is 5.32 Å². The van der Waals surface area contributed by atoms with Gasteiger partial charge in [-0.3, -0.25) is 14.2 Å². The number of rotatable bonds is 8. The lowest BCUT2D eigenvalue weighted by molar-refractivity contribution is -0.119. The molecule has 162 valence electrons. The highest BCUT2D eigenvalue weighted by atomic mass is 32.2. The first-order valence-corrected chi connectivity index (χ1v) is 12.1. The SMILES string of the molecule is C=CCn1c(SCC(=O)NC(C)c2ccccc2)nc2scc(-c3ccccc3)c2c1=O. The average molecular weight is 462 g/mol. The Balaban J connectivity index is 1.58. The highest BCUT2D eigenvalue weighted by Crippen LogP contribution is 2.32. The topological polar surface area (TPSA) is 64.0 Å². The molecular weight excluding hydrogens is 438 g/mol. The number of thioether (sulfide) groups is 1. The van der Waals surface area contributed by atoms with Crippen LogP contribution in [0.2, 0.25) is 0 Å². The van der Waals surface area contributed by atoms with E-state index in [9.17, 15) is 9.59 Å². The molecule has 1 atom stereocenters. The fraction of sp³-hybridized carbons (Fsp3) is 0.160. The molecule has 0 saturated carbocycles. The maximum atomic E-state index is 13.4. The van der Waals surface area contributed by atoms with Gasteiger partial charge in [-0.2, -0.15) is 0 Å². The number of allylic oxidation sites excluding steroid dienone is 1. The second kappa shape index (κ2) is 9.97. The van der Waals surface area contributed by atoms with Gasteiger partial charge in [-0.05, 0) is 18.1 Å². The van der Waals surface area contributed by atoms with Crippen molar-refractivity contribution in [2.75, 3.05) is 5.75 Å². The first-order valence-electron chi connectivity index (χ1n) is 10.2. The maximum absolute atomic E-state index is 13.4. The Kier molecular flexibility index (Phi) is 6.87. The van der Waals surface area contributed by atoms with Gasteiger partial charge in [0, 0.05) is 17.5 Å². The van der Waals surface area contributed by atoms with Crippen LogP contribution in [-0.2, 0) is 11.3 Å². The molecule has 1 unspecified atom stereocenters. The standard InChI is InChI=1S/C25H23N3O2S2/c1-3-14-28-24(30)22-20(19-12-8-5-9-13-19)15-31-23(22)27-25(28)32-16-21(29)26-17(2)18-10-6-4-7-11-18/h3-13,15,17H,1,14,16H2,2H3,(H,26,29).